The van der Waals surface area contributed by atoms with Gasteiger partial charge < -0.3 is 10.2 Å². The van der Waals surface area contributed by atoms with E-state index in [0.29, 0.717) is 17.2 Å². The summed E-state index contributed by atoms with van der Waals surface area (Å²) in [5.41, 5.74) is 1.44. The van der Waals surface area contributed by atoms with E-state index in [4.69, 9.17) is 5.26 Å². The number of hydrogen-bond donors (Lipinski definition) is 1. The molecule has 1 unspecified atom stereocenters. The second-order valence-corrected chi connectivity index (χ2v) is 6.11. The molecule has 2 heterocycles. The number of hydrogen-bond acceptors (Lipinski definition) is 5. The van der Waals surface area contributed by atoms with E-state index in [1.54, 1.807) is 30.3 Å². The third-order valence-corrected chi connectivity index (χ3v) is 4.14. The molecule has 3 rings (SSSR count). The van der Waals surface area contributed by atoms with Crippen LogP contribution < -0.4 is 10.2 Å². The quantitative estimate of drug-likeness (QED) is 0.940. The third-order valence-electron chi connectivity index (χ3n) is 4.14. The molecule has 0 radical (unpaired) electrons. The van der Waals surface area contributed by atoms with Crippen molar-refractivity contribution in [2.24, 2.45) is 5.92 Å². The average molecular weight is 321 g/mol. The molecule has 0 aliphatic carbocycles. The Morgan fingerprint density at radius 2 is 2.04 bits per heavy atom. The van der Waals surface area contributed by atoms with Crippen LogP contribution in [0.2, 0.25) is 0 Å². The van der Waals surface area contributed by atoms with Gasteiger partial charge in [-0.2, -0.15) is 5.26 Å². The first-order valence-corrected chi connectivity index (χ1v) is 8.06. The van der Waals surface area contributed by atoms with Crippen molar-refractivity contribution in [1.82, 2.24) is 10.2 Å². The molecule has 1 aromatic heterocycles. The number of rotatable bonds is 3. The van der Waals surface area contributed by atoms with Crippen LogP contribution in [0.3, 0.4) is 0 Å². The van der Waals surface area contributed by atoms with Crippen molar-refractivity contribution < 1.29 is 4.79 Å². The first kappa shape index (κ1) is 15.9. The van der Waals surface area contributed by atoms with E-state index in [-0.39, 0.29) is 11.6 Å². The van der Waals surface area contributed by atoms with E-state index in [9.17, 15) is 4.79 Å². The zero-order chi connectivity index (χ0) is 16.9. The summed E-state index contributed by atoms with van der Waals surface area (Å²) in [7, 11) is 0. The molecule has 122 valence electrons. The molecular weight excluding hydrogens is 302 g/mol. The Kier molecular flexibility index (Phi) is 4.71. The van der Waals surface area contributed by atoms with Crippen LogP contribution in [-0.2, 0) is 0 Å². The van der Waals surface area contributed by atoms with Crippen molar-refractivity contribution in [3.05, 3.63) is 47.7 Å². The number of benzene rings is 1. The van der Waals surface area contributed by atoms with Crippen molar-refractivity contribution in [2.75, 3.05) is 23.3 Å². The molecule has 1 fully saturated rings. The summed E-state index contributed by atoms with van der Waals surface area (Å²) in [4.78, 5) is 14.4. The fourth-order valence-electron chi connectivity index (χ4n) is 2.84. The summed E-state index contributed by atoms with van der Waals surface area (Å²) < 4.78 is 0. The van der Waals surface area contributed by atoms with Crippen LogP contribution >= 0.6 is 0 Å². The fraction of sp³-hybridized carbons (Fsp3) is 0.333. The Balaban J connectivity index is 1.66. The zero-order valence-electron chi connectivity index (χ0n) is 13.6. The minimum atomic E-state index is -0.314. The van der Waals surface area contributed by atoms with E-state index in [2.05, 4.69) is 27.3 Å². The van der Waals surface area contributed by atoms with Crippen molar-refractivity contribution >= 4 is 17.4 Å². The predicted molar refractivity (Wildman–Crippen MR) is 91.8 cm³/mol. The Hall–Kier alpha value is -2.94. The maximum absolute atomic E-state index is 12.2. The molecule has 0 spiro atoms. The van der Waals surface area contributed by atoms with Crippen LogP contribution in [0.1, 0.15) is 35.8 Å². The van der Waals surface area contributed by atoms with Crippen LogP contribution in [0.15, 0.2) is 36.4 Å². The molecule has 24 heavy (non-hydrogen) atoms. The number of nitriles is 1. The SMILES string of the molecule is CC1CCCN(c2ccc(C(=O)Nc3ccc(C#N)cc3)nn2)C1. The fourth-order valence-corrected chi connectivity index (χ4v) is 2.84. The minimum absolute atomic E-state index is 0.271. The van der Waals surface area contributed by atoms with E-state index < -0.39 is 0 Å². The van der Waals surface area contributed by atoms with Gasteiger partial charge in [0.1, 0.15) is 0 Å². The van der Waals surface area contributed by atoms with E-state index in [0.717, 1.165) is 25.3 Å². The molecule has 1 N–H and O–H groups in total. The predicted octanol–water partition coefficient (Wildman–Crippen LogP) is 2.84. The number of amides is 1. The zero-order valence-corrected chi connectivity index (χ0v) is 13.6. The summed E-state index contributed by atoms with van der Waals surface area (Å²) in [5.74, 6) is 1.15. The summed E-state index contributed by atoms with van der Waals surface area (Å²) >= 11 is 0. The smallest absolute Gasteiger partial charge is 0.276 e. The number of carbonyl (C=O) groups is 1. The molecule has 2 aromatic rings. The maximum Gasteiger partial charge on any atom is 0.276 e. The molecule has 1 aromatic carbocycles. The van der Waals surface area contributed by atoms with Gasteiger partial charge in [-0.25, -0.2) is 0 Å². The lowest BCUT2D eigenvalue weighted by Crippen LogP contribution is -2.35. The highest BCUT2D eigenvalue weighted by Gasteiger charge is 2.18. The molecule has 1 aliphatic heterocycles. The summed E-state index contributed by atoms with van der Waals surface area (Å²) in [6, 6.07) is 12.3. The van der Waals surface area contributed by atoms with E-state index >= 15 is 0 Å². The van der Waals surface area contributed by atoms with Gasteiger partial charge in [0.05, 0.1) is 11.6 Å². The van der Waals surface area contributed by atoms with Crippen molar-refractivity contribution in [3.8, 4) is 6.07 Å². The minimum Gasteiger partial charge on any atom is -0.355 e. The summed E-state index contributed by atoms with van der Waals surface area (Å²) in [6.07, 6.45) is 2.40. The standard InChI is InChI=1S/C18H19N5O/c1-13-3-2-10-23(12-13)17-9-8-16(21-22-17)18(24)20-15-6-4-14(11-19)5-7-15/h4-9,13H,2-3,10,12H2,1H3,(H,20,24). The molecule has 0 saturated carbocycles. The van der Waals surface area contributed by atoms with Gasteiger partial charge in [0, 0.05) is 18.8 Å². The largest absolute Gasteiger partial charge is 0.355 e. The lowest BCUT2D eigenvalue weighted by molar-refractivity contribution is 0.102. The molecule has 1 saturated heterocycles. The maximum atomic E-state index is 12.2. The Morgan fingerprint density at radius 3 is 2.67 bits per heavy atom. The summed E-state index contributed by atoms with van der Waals surface area (Å²) in [6.45, 7) is 4.19. The highest BCUT2D eigenvalue weighted by Crippen LogP contribution is 2.20. The molecule has 6 nitrogen and oxygen atoms in total. The second-order valence-electron chi connectivity index (χ2n) is 6.11. The highest BCUT2D eigenvalue weighted by atomic mass is 16.1. The first-order chi connectivity index (χ1) is 11.7. The molecule has 1 atom stereocenters. The lowest BCUT2D eigenvalue weighted by atomic mass is 10.0. The molecule has 0 bridgehead atoms. The monoisotopic (exact) mass is 321 g/mol. The average Bonchev–Trinajstić information content (AvgIpc) is 2.62. The van der Waals surface area contributed by atoms with Gasteiger partial charge in [-0.1, -0.05) is 6.92 Å². The number of carbonyl (C=O) groups excluding carboxylic acids is 1. The topological polar surface area (TPSA) is 81.9 Å². The number of anilines is 2. The van der Waals surface area contributed by atoms with Crippen molar-refractivity contribution in [1.29, 1.82) is 5.26 Å². The van der Waals surface area contributed by atoms with Crippen LogP contribution in [0, 0.1) is 17.2 Å². The van der Waals surface area contributed by atoms with Crippen molar-refractivity contribution in [3.63, 3.8) is 0 Å². The Morgan fingerprint density at radius 1 is 1.25 bits per heavy atom. The normalized spacial score (nSPS) is 17.2. The molecule has 1 amide bonds. The van der Waals surface area contributed by atoms with E-state index in [1.165, 1.54) is 6.42 Å². The third kappa shape index (κ3) is 3.69. The van der Waals surface area contributed by atoms with Crippen LogP contribution in [0.25, 0.3) is 0 Å². The van der Waals surface area contributed by atoms with Gasteiger partial charge in [-0.3, -0.25) is 4.79 Å². The number of nitrogens with one attached hydrogen (secondary N) is 1. The molecule has 6 heteroatoms. The van der Waals surface area contributed by atoms with Crippen molar-refractivity contribution in [2.45, 2.75) is 19.8 Å². The van der Waals surface area contributed by atoms with Gasteiger partial charge in [-0.15, -0.1) is 10.2 Å². The Bertz CT molecular complexity index is 748. The molecule has 1 aliphatic rings. The Labute approximate surface area is 141 Å². The van der Waals surface area contributed by atoms with Gasteiger partial charge in [0.2, 0.25) is 0 Å². The molecular formula is C18H19N5O. The summed E-state index contributed by atoms with van der Waals surface area (Å²) in [5, 5.41) is 19.8. The van der Waals surface area contributed by atoms with Crippen LogP contribution in [0.5, 0.6) is 0 Å². The van der Waals surface area contributed by atoms with Gasteiger partial charge >= 0.3 is 0 Å². The number of piperidine rings is 1. The van der Waals surface area contributed by atoms with Crippen LogP contribution in [0.4, 0.5) is 11.5 Å². The lowest BCUT2D eigenvalue weighted by Gasteiger charge is -2.31. The van der Waals surface area contributed by atoms with Gasteiger partial charge in [0.25, 0.3) is 5.91 Å². The van der Waals surface area contributed by atoms with Gasteiger partial charge in [0.15, 0.2) is 11.5 Å². The van der Waals surface area contributed by atoms with Gasteiger partial charge in [-0.05, 0) is 55.2 Å². The first-order valence-electron chi connectivity index (χ1n) is 8.06. The number of aromatic nitrogens is 2. The van der Waals surface area contributed by atoms with E-state index in [1.807, 2.05) is 12.1 Å². The number of nitrogens with zero attached hydrogens (tertiary/aromatic N) is 4. The highest BCUT2D eigenvalue weighted by molar-refractivity contribution is 6.02. The second kappa shape index (κ2) is 7.09. The van der Waals surface area contributed by atoms with Crippen LogP contribution in [-0.4, -0.2) is 29.2 Å².